The predicted molar refractivity (Wildman–Crippen MR) is 65.9 cm³/mol. The van der Waals surface area contributed by atoms with Crippen molar-refractivity contribution in [2.45, 2.75) is 32.1 Å². The summed E-state index contributed by atoms with van der Waals surface area (Å²) < 4.78 is 0. The highest BCUT2D eigenvalue weighted by molar-refractivity contribution is 5.75. The molecule has 2 N–H and O–H groups in total. The number of carbonyl (C=O) groups is 1. The van der Waals surface area contributed by atoms with Crippen LogP contribution in [0.3, 0.4) is 0 Å². The molecular weight excluding hydrogens is 216 g/mol. The van der Waals surface area contributed by atoms with Crippen LogP contribution >= 0.6 is 0 Å². The highest BCUT2D eigenvalue weighted by Gasteiger charge is 2.39. The van der Waals surface area contributed by atoms with Gasteiger partial charge in [-0.3, -0.25) is 9.78 Å². The number of aliphatic carboxylic acids is 1. The van der Waals surface area contributed by atoms with Gasteiger partial charge in [-0.25, -0.2) is 0 Å². The average Bonchev–Trinajstić information content (AvgIpc) is 2.38. The minimum absolute atomic E-state index is 0.506. The highest BCUT2D eigenvalue weighted by atomic mass is 16.4. The maximum atomic E-state index is 11.4. The number of aromatic nitrogens is 1. The minimum atomic E-state index is -0.668. The van der Waals surface area contributed by atoms with Crippen LogP contribution in [-0.2, 0) is 4.79 Å². The van der Waals surface area contributed by atoms with Crippen LogP contribution in [0.2, 0.25) is 0 Å². The van der Waals surface area contributed by atoms with Crippen LogP contribution in [0.5, 0.6) is 0 Å². The van der Waals surface area contributed by atoms with Crippen LogP contribution in [0, 0.1) is 5.41 Å². The lowest BCUT2D eigenvalue weighted by atomic mass is 9.74. The van der Waals surface area contributed by atoms with Crippen molar-refractivity contribution in [2.24, 2.45) is 5.41 Å². The smallest absolute Gasteiger partial charge is 0.311 e. The molecule has 1 aliphatic rings. The number of nitrogens with one attached hydrogen (secondary N) is 1. The van der Waals surface area contributed by atoms with E-state index in [0.717, 1.165) is 37.8 Å². The van der Waals surface area contributed by atoms with E-state index < -0.39 is 11.4 Å². The van der Waals surface area contributed by atoms with Crippen molar-refractivity contribution >= 4 is 11.7 Å². The van der Waals surface area contributed by atoms with E-state index in [1.54, 1.807) is 12.4 Å². The Kier molecular flexibility index (Phi) is 3.61. The Labute approximate surface area is 101 Å². The van der Waals surface area contributed by atoms with Gasteiger partial charge in [0.05, 0.1) is 5.41 Å². The Morgan fingerprint density at radius 3 is 2.53 bits per heavy atom. The lowest BCUT2D eigenvalue weighted by molar-refractivity contribution is -0.150. The third-order valence-corrected chi connectivity index (χ3v) is 3.58. The number of pyridine rings is 1. The first kappa shape index (κ1) is 11.9. The molecule has 4 heteroatoms. The second kappa shape index (κ2) is 5.17. The fourth-order valence-corrected chi connectivity index (χ4v) is 2.44. The van der Waals surface area contributed by atoms with Crippen LogP contribution in [-0.4, -0.2) is 22.6 Å². The monoisotopic (exact) mass is 234 g/mol. The van der Waals surface area contributed by atoms with Gasteiger partial charge >= 0.3 is 5.97 Å². The van der Waals surface area contributed by atoms with Crippen molar-refractivity contribution in [2.75, 3.05) is 11.9 Å². The van der Waals surface area contributed by atoms with E-state index in [1.165, 1.54) is 0 Å². The summed E-state index contributed by atoms with van der Waals surface area (Å²) in [7, 11) is 0. The van der Waals surface area contributed by atoms with E-state index in [2.05, 4.69) is 10.3 Å². The Hall–Kier alpha value is -1.58. The quantitative estimate of drug-likeness (QED) is 0.840. The first-order valence-electron chi connectivity index (χ1n) is 6.10. The zero-order chi connectivity index (χ0) is 12.1. The lowest BCUT2D eigenvalue weighted by Gasteiger charge is -2.33. The number of hydrogen-bond donors (Lipinski definition) is 2. The summed E-state index contributed by atoms with van der Waals surface area (Å²) in [6.07, 6.45) is 8.16. The SMILES string of the molecule is O=C(O)C1(CNc2ccncc2)CCCCC1. The van der Waals surface area contributed by atoms with Crippen LogP contribution < -0.4 is 5.32 Å². The molecule has 0 unspecified atom stereocenters. The molecule has 0 saturated heterocycles. The molecule has 0 radical (unpaired) electrons. The summed E-state index contributed by atoms with van der Waals surface area (Å²) in [6, 6.07) is 3.72. The summed E-state index contributed by atoms with van der Waals surface area (Å²) >= 11 is 0. The Balaban J connectivity index is 2.01. The summed E-state index contributed by atoms with van der Waals surface area (Å²) in [6.45, 7) is 0.506. The van der Waals surface area contributed by atoms with Gasteiger partial charge in [0.15, 0.2) is 0 Å². The standard InChI is InChI=1S/C13H18N2O2/c16-12(17)13(6-2-1-3-7-13)10-15-11-4-8-14-9-5-11/h4-5,8-9H,1-3,6-7,10H2,(H,14,15)(H,16,17). The first-order chi connectivity index (χ1) is 8.23. The molecule has 0 spiro atoms. The molecule has 17 heavy (non-hydrogen) atoms. The normalized spacial score (nSPS) is 18.6. The number of anilines is 1. The molecule has 1 aromatic rings. The zero-order valence-electron chi connectivity index (χ0n) is 9.85. The second-order valence-corrected chi connectivity index (χ2v) is 4.74. The Bertz CT molecular complexity index is 372. The van der Waals surface area contributed by atoms with Gasteiger partial charge in [-0.2, -0.15) is 0 Å². The predicted octanol–water partition coefficient (Wildman–Crippen LogP) is 2.53. The molecular formula is C13H18N2O2. The van der Waals surface area contributed by atoms with Gasteiger partial charge in [-0.1, -0.05) is 19.3 Å². The Morgan fingerprint density at radius 1 is 1.29 bits per heavy atom. The third kappa shape index (κ3) is 2.75. The van der Waals surface area contributed by atoms with Crippen molar-refractivity contribution < 1.29 is 9.90 Å². The molecule has 0 amide bonds. The second-order valence-electron chi connectivity index (χ2n) is 4.74. The number of carboxylic acids is 1. The molecule has 0 aromatic carbocycles. The van der Waals surface area contributed by atoms with E-state index in [-0.39, 0.29) is 0 Å². The van der Waals surface area contributed by atoms with E-state index >= 15 is 0 Å². The van der Waals surface area contributed by atoms with Gasteiger partial charge in [0.1, 0.15) is 0 Å². The van der Waals surface area contributed by atoms with Gasteiger partial charge in [-0.15, -0.1) is 0 Å². The van der Waals surface area contributed by atoms with Gasteiger partial charge in [0, 0.05) is 24.6 Å². The zero-order valence-corrected chi connectivity index (χ0v) is 9.85. The average molecular weight is 234 g/mol. The van der Waals surface area contributed by atoms with Gasteiger partial charge in [0.25, 0.3) is 0 Å². The fraction of sp³-hybridized carbons (Fsp3) is 0.538. The number of nitrogens with zero attached hydrogens (tertiary/aromatic N) is 1. The van der Waals surface area contributed by atoms with E-state index in [1.807, 2.05) is 12.1 Å². The van der Waals surface area contributed by atoms with Gasteiger partial charge in [-0.05, 0) is 25.0 Å². The Morgan fingerprint density at radius 2 is 1.94 bits per heavy atom. The van der Waals surface area contributed by atoms with Crippen molar-refractivity contribution in [3.8, 4) is 0 Å². The molecule has 0 bridgehead atoms. The highest BCUT2D eigenvalue weighted by Crippen LogP contribution is 2.36. The van der Waals surface area contributed by atoms with Crippen LogP contribution in [0.1, 0.15) is 32.1 Å². The molecule has 4 nitrogen and oxygen atoms in total. The molecule has 1 heterocycles. The lowest BCUT2D eigenvalue weighted by Crippen LogP contribution is -2.39. The molecule has 1 aliphatic carbocycles. The maximum Gasteiger partial charge on any atom is 0.311 e. The molecule has 1 fully saturated rings. The van der Waals surface area contributed by atoms with Crippen molar-refractivity contribution in [3.05, 3.63) is 24.5 Å². The van der Waals surface area contributed by atoms with E-state index in [9.17, 15) is 9.90 Å². The van der Waals surface area contributed by atoms with Crippen molar-refractivity contribution in [3.63, 3.8) is 0 Å². The maximum absolute atomic E-state index is 11.4. The first-order valence-corrected chi connectivity index (χ1v) is 6.10. The van der Waals surface area contributed by atoms with Crippen LogP contribution in [0.25, 0.3) is 0 Å². The number of hydrogen-bond acceptors (Lipinski definition) is 3. The van der Waals surface area contributed by atoms with Gasteiger partial charge < -0.3 is 10.4 Å². The minimum Gasteiger partial charge on any atom is -0.481 e. The third-order valence-electron chi connectivity index (χ3n) is 3.58. The van der Waals surface area contributed by atoms with E-state index in [0.29, 0.717) is 6.54 Å². The molecule has 0 aliphatic heterocycles. The summed E-state index contributed by atoms with van der Waals surface area (Å²) in [5.74, 6) is -0.668. The van der Waals surface area contributed by atoms with Crippen molar-refractivity contribution in [1.29, 1.82) is 0 Å². The molecule has 0 atom stereocenters. The topological polar surface area (TPSA) is 62.2 Å². The summed E-state index contributed by atoms with van der Waals surface area (Å²) in [5.41, 5.74) is 0.354. The number of carboxylic acid groups (broad SMARTS) is 1. The summed E-state index contributed by atoms with van der Waals surface area (Å²) in [5, 5.41) is 12.6. The fourth-order valence-electron chi connectivity index (χ4n) is 2.44. The van der Waals surface area contributed by atoms with E-state index in [4.69, 9.17) is 0 Å². The molecule has 2 rings (SSSR count). The number of rotatable bonds is 4. The van der Waals surface area contributed by atoms with Crippen LogP contribution in [0.15, 0.2) is 24.5 Å². The molecule has 1 aromatic heterocycles. The van der Waals surface area contributed by atoms with Gasteiger partial charge in [0.2, 0.25) is 0 Å². The van der Waals surface area contributed by atoms with Crippen LogP contribution in [0.4, 0.5) is 5.69 Å². The molecule has 1 saturated carbocycles. The van der Waals surface area contributed by atoms with Crippen molar-refractivity contribution in [1.82, 2.24) is 4.98 Å². The summed E-state index contributed by atoms with van der Waals surface area (Å²) in [4.78, 5) is 15.4. The molecule has 92 valence electrons. The largest absolute Gasteiger partial charge is 0.481 e.